The smallest absolute Gasteiger partial charge is 0.122 e. The lowest BCUT2D eigenvalue weighted by molar-refractivity contribution is 0.685. The van der Waals surface area contributed by atoms with E-state index in [0.29, 0.717) is 25.1 Å². The lowest BCUT2D eigenvalue weighted by atomic mass is 10.2. The van der Waals surface area contributed by atoms with Crippen molar-refractivity contribution in [1.82, 2.24) is 19.5 Å². The number of H-pyrrole nitrogens is 1. The zero-order valence-corrected chi connectivity index (χ0v) is 13.7. The lowest BCUT2D eigenvalue weighted by Crippen LogP contribution is -2.14. The molecule has 0 fully saturated rings. The van der Waals surface area contributed by atoms with E-state index in [1.165, 1.54) is 0 Å². The van der Waals surface area contributed by atoms with Gasteiger partial charge in [0.15, 0.2) is 0 Å². The summed E-state index contributed by atoms with van der Waals surface area (Å²) in [6.07, 6.45) is 0.582. The third-order valence-electron chi connectivity index (χ3n) is 4.25. The third-order valence-corrected chi connectivity index (χ3v) is 4.25. The Balaban J connectivity index is 1.79. The topological polar surface area (TPSA) is 122 Å². The summed E-state index contributed by atoms with van der Waals surface area (Å²) in [5.74, 6) is 1.79. The Morgan fingerprint density at radius 3 is 2.72 bits per heavy atom. The van der Waals surface area contributed by atoms with Crippen molar-refractivity contribution in [3.8, 4) is 0 Å². The predicted molar refractivity (Wildman–Crippen MR) is 98.7 cm³/mol. The average molecular weight is 333 g/mol. The number of nitrogens with two attached hydrogens (primary N) is 2. The Labute approximate surface area is 144 Å². The summed E-state index contributed by atoms with van der Waals surface area (Å²) in [5, 5.41) is 7.64. The van der Waals surface area contributed by atoms with Crippen molar-refractivity contribution in [2.75, 3.05) is 6.54 Å². The van der Waals surface area contributed by atoms with Crippen molar-refractivity contribution in [3.63, 3.8) is 0 Å². The van der Waals surface area contributed by atoms with Crippen LogP contribution in [0, 0.1) is 5.41 Å². The van der Waals surface area contributed by atoms with Crippen LogP contribution in [0.2, 0.25) is 0 Å². The number of rotatable bonds is 5. The number of amidine groups is 1. The van der Waals surface area contributed by atoms with E-state index in [9.17, 15) is 0 Å². The van der Waals surface area contributed by atoms with E-state index >= 15 is 0 Å². The van der Waals surface area contributed by atoms with Crippen LogP contribution in [0.15, 0.2) is 42.5 Å². The van der Waals surface area contributed by atoms with Crippen LogP contribution < -0.4 is 11.5 Å². The van der Waals surface area contributed by atoms with Crippen LogP contribution >= 0.6 is 0 Å². The minimum absolute atomic E-state index is 0.0428. The Hall–Kier alpha value is -3.19. The van der Waals surface area contributed by atoms with E-state index in [0.717, 1.165) is 33.7 Å². The van der Waals surface area contributed by atoms with Gasteiger partial charge in [-0.25, -0.2) is 9.97 Å². The minimum Gasteiger partial charge on any atom is -0.384 e. The summed E-state index contributed by atoms with van der Waals surface area (Å²) in [7, 11) is 0. The van der Waals surface area contributed by atoms with Crippen molar-refractivity contribution in [2.45, 2.75) is 13.0 Å². The molecule has 0 aliphatic carbocycles. The van der Waals surface area contributed by atoms with Crippen LogP contribution in [0.1, 0.15) is 17.2 Å². The number of nitrogens with one attached hydrogen (secondary N) is 2. The highest BCUT2D eigenvalue weighted by Gasteiger charge is 2.14. The van der Waals surface area contributed by atoms with Crippen molar-refractivity contribution in [2.24, 2.45) is 11.5 Å². The molecule has 25 heavy (non-hydrogen) atoms. The first kappa shape index (κ1) is 15.3. The molecule has 0 atom stereocenters. The first-order valence-electron chi connectivity index (χ1n) is 8.13. The fraction of sp³-hybridized carbons (Fsp3) is 0.167. The van der Waals surface area contributed by atoms with Gasteiger partial charge >= 0.3 is 0 Å². The Morgan fingerprint density at radius 2 is 1.96 bits per heavy atom. The molecule has 0 aliphatic rings. The molecule has 7 heteroatoms. The van der Waals surface area contributed by atoms with Gasteiger partial charge in [0.1, 0.15) is 17.5 Å². The molecular weight excluding hydrogens is 314 g/mol. The van der Waals surface area contributed by atoms with Crippen molar-refractivity contribution < 1.29 is 0 Å². The molecule has 4 aromatic rings. The SMILES string of the molecule is N=C(N)c1ccc2nc(Cc3nc4ccccc4[nH]3)n(CCN)c2c1. The quantitative estimate of drug-likeness (QED) is 0.328. The molecular formula is C18H19N7. The summed E-state index contributed by atoms with van der Waals surface area (Å²) >= 11 is 0. The minimum atomic E-state index is 0.0428. The maximum absolute atomic E-state index is 7.64. The third kappa shape index (κ3) is 2.74. The van der Waals surface area contributed by atoms with Crippen LogP contribution in [0.5, 0.6) is 0 Å². The standard InChI is InChI=1S/C18H19N7/c19-7-8-25-15-9-11(18(20)21)5-6-14(15)24-17(25)10-16-22-12-3-1-2-4-13(12)23-16/h1-6,9H,7-8,10,19H2,(H3,20,21)(H,22,23). The van der Waals surface area contributed by atoms with Gasteiger partial charge < -0.3 is 21.0 Å². The first-order chi connectivity index (χ1) is 12.2. The summed E-state index contributed by atoms with van der Waals surface area (Å²) in [4.78, 5) is 12.7. The molecule has 0 aliphatic heterocycles. The van der Waals surface area contributed by atoms with E-state index in [-0.39, 0.29) is 5.84 Å². The van der Waals surface area contributed by atoms with Gasteiger partial charge in [0.2, 0.25) is 0 Å². The zero-order chi connectivity index (χ0) is 17.4. The van der Waals surface area contributed by atoms with E-state index in [4.69, 9.17) is 21.9 Å². The summed E-state index contributed by atoms with van der Waals surface area (Å²) in [6, 6.07) is 13.5. The van der Waals surface area contributed by atoms with Crippen molar-refractivity contribution >= 4 is 27.9 Å². The van der Waals surface area contributed by atoms with Gasteiger partial charge in [-0.15, -0.1) is 0 Å². The maximum Gasteiger partial charge on any atom is 0.122 e. The molecule has 0 saturated heterocycles. The molecule has 2 aromatic carbocycles. The van der Waals surface area contributed by atoms with Crippen LogP contribution in [0.3, 0.4) is 0 Å². The molecule has 126 valence electrons. The number of imidazole rings is 2. The van der Waals surface area contributed by atoms with Gasteiger partial charge in [0, 0.05) is 18.7 Å². The van der Waals surface area contributed by atoms with Crippen molar-refractivity contribution in [1.29, 1.82) is 5.41 Å². The van der Waals surface area contributed by atoms with E-state index in [2.05, 4.69) is 14.5 Å². The number of nitrogen functional groups attached to an aromatic ring is 1. The summed E-state index contributed by atoms with van der Waals surface area (Å²) in [6.45, 7) is 1.15. The number of aromatic nitrogens is 4. The second-order valence-electron chi connectivity index (χ2n) is 5.96. The molecule has 0 amide bonds. The highest BCUT2D eigenvalue weighted by Crippen LogP contribution is 2.20. The Morgan fingerprint density at radius 1 is 1.12 bits per heavy atom. The normalized spacial score (nSPS) is 11.4. The molecule has 2 heterocycles. The molecule has 0 radical (unpaired) electrons. The molecule has 0 saturated carbocycles. The maximum atomic E-state index is 7.64. The zero-order valence-electron chi connectivity index (χ0n) is 13.7. The highest BCUT2D eigenvalue weighted by molar-refractivity contribution is 5.98. The van der Waals surface area contributed by atoms with Gasteiger partial charge in [0.05, 0.1) is 28.5 Å². The molecule has 0 unspecified atom stereocenters. The highest BCUT2D eigenvalue weighted by atomic mass is 15.1. The first-order valence-corrected chi connectivity index (χ1v) is 8.13. The molecule has 2 aromatic heterocycles. The number of benzene rings is 2. The lowest BCUT2D eigenvalue weighted by Gasteiger charge is -2.07. The second-order valence-corrected chi connectivity index (χ2v) is 5.96. The van der Waals surface area contributed by atoms with Crippen LogP contribution in [-0.4, -0.2) is 31.9 Å². The van der Waals surface area contributed by atoms with Gasteiger partial charge in [0.25, 0.3) is 0 Å². The number of hydrogen-bond acceptors (Lipinski definition) is 4. The predicted octanol–water partition coefficient (Wildman–Crippen LogP) is 1.75. The average Bonchev–Trinajstić information content (AvgIpc) is 3.16. The summed E-state index contributed by atoms with van der Waals surface area (Å²) < 4.78 is 2.08. The molecule has 7 nitrogen and oxygen atoms in total. The largest absolute Gasteiger partial charge is 0.384 e. The number of fused-ring (bicyclic) bond motifs is 2. The fourth-order valence-corrected chi connectivity index (χ4v) is 3.09. The van der Waals surface area contributed by atoms with Crippen LogP contribution in [0.4, 0.5) is 0 Å². The Kier molecular flexibility index (Phi) is 3.70. The Bertz CT molecular complexity index is 1040. The molecule has 6 N–H and O–H groups in total. The van der Waals surface area contributed by atoms with Crippen LogP contribution in [0.25, 0.3) is 22.1 Å². The van der Waals surface area contributed by atoms with Gasteiger partial charge in [-0.2, -0.15) is 0 Å². The molecule has 0 bridgehead atoms. The monoisotopic (exact) mass is 333 g/mol. The molecule has 0 spiro atoms. The number of nitrogens with zero attached hydrogens (tertiary/aromatic N) is 3. The van der Waals surface area contributed by atoms with Crippen LogP contribution in [-0.2, 0) is 13.0 Å². The molecule has 4 rings (SSSR count). The van der Waals surface area contributed by atoms with Gasteiger partial charge in [-0.1, -0.05) is 12.1 Å². The second kappa shape index (κ2) is 6.03. The fourth-order valence-electron chi connectivity index (χ4n) is 3.09. The number of aromatic amines is 1. The van der Waals surface area contributed by atoms with E-state index in [1.54, 1.807) is 0 Å². The van der Waals surface area contributed by atoms with E-state index < -0.39 is 0 Å². The van der Waals surface area contributed by atoms with E-state index in [1.807, 2.05) is 42.5 Å². The number of para-hydroxylation sites is 2. The summed E-state index contributed by atoms with van der Waals surface area (Å²) in [5.41, 5.74) is 15.8. The van der Waals surface area contributed by atoms with Gasteiger partial charge in [-0.05, 0) is 30.3 Å². The van der Waals surface area contributed by atoms with Gasteiger partial charge in [-0.3, -0.25) is 5.41 Å². The number of hydrogen-bond donors (Lipinski definition) is 4. The van der Waals surface area contributed by atoms with Crippen molar-refractivity contribution in [3.05, 3.63) is 59.7 Å².